The zero-order valence-electron chi connectivity index (χ0n) is 10.9. The minimum absolute atomic E-state index is 0.157. The highest BCUT2D eigenvalue weighted by Crippen LogP contribution is 2.13. The Kier molecular flexibility index (Phi) is 5.09. The topological polar surface area (TPSA) is 58.6 Å². The van der Waals surface area contributed by atoms with Crippen molar-refractivity contribution in [3.8, 4) is 0 Å². The number of esters is 1. The Morgan fingerprint density at radius 1 is 1.32 bits per heavy atom. The smallest absolute Gasteiger partial charge is 0.320 e. The third-order valence-corrected chi connectivity index (χ3v) is 3.33. The average Bonchev–Trinajstić information content (AvgIpc) is 2.41. The van der Waals surface area contributed by atoms with Gasteiger partial charge < -0.3 is 9.64 Å². The van der Waals surface area contributed by atoms with Crippen LogP contribution < -0.4 is 4.90 Å². The zero-order chi connectivity index (χ0) is 13.7. The molecule has 2 rings (SSSR count). The first-order chi connectivity index (χ1) is 9.19. The summed E-state index contributed by atoms with van der Waals surface area (Å²) in [6.45, 7) is 5.90. The van der Waals surface area contributed by atoms with Gasteiger partial charge >= 0.3 is 5.97 Å². The van der Waals surface area contributed by atoms with Crippen LogP contribution in [0.4, 0.5) is 5.95 Å². The maximum atomic E-state index is 11.4. The lowest BCUT2D eigenvalue weighted by atomic mass is 10.3. The van der Waals surface area contributed by atoms with Crippen molar-refractivity contribution in [1.29, 1.82) is 0 Å². The van der Waals surface area contributed by atoms with E-state index in [2.05, 4.69) is 35.7 Å². The van der Waals surface area contributed by atoms with Crippen LogP contribution in [0, 0.1) is 0 Å². The van der Waals surface area contributed by atoms with E-state index in [0.29, 0.717) is 13.2 Å². The predicted molar refractivity (Wildman–Crippen MR) is 75.0 cm³/mol. The number of carbonyl (C=O) groups excluding carboxylic acids is 1. The number of rotatable bonds is 4. The number of hydrogen-bond donors (Lipinski definition) is 0. The van der Waals surface area contributed by atoms with Gasteiger partial charge in [0.05, 0.1) is 17.6 Å². The molecule has 7 heteroatoms. The lowest BCUT2D eigenvalue weighted by Crippen LogP contribution is -2.48. The molecule has 0 aromatic carbocycles. The largest absolute Gasteiger partial charge is 0.465 e. The van der Waals surface area contributed by atoms with Gasteiger partial charge in [0, 0.05) is 38.6 Å². The molecular weight excluding hydrogens is 312 g/mol. The molecule has 104 valence electrons. The lowest BCUT2D eigenvalue weighted by molar-refractivity contribution is -0.144. The SMILES string of the molecule is CCOC(=O)CN1CCN(c2ncc(Br)cn2)CC1. The first-order valence-corrected chi connectivity index (χ1v) is 7.09. The average molecular weight is 329 g/mol. The van der Waals surface area contributed by atoms with Crippen LogP contribution in [-0.2, 0) is 9.53 Å². The van der Waals surface area contributed by atoms with Crippen molar-refractivity contribution in [2.24, 2.45) is 0 Å². The molecule has 6 nitrogen and oxygen atoms in total. The number of hydrogen-bond acceptors (Lipinski definition) is 6. The van der Waals surface area contributed by atoms with E-state index in [1.54, 1.807) is 12.4 Å². The molecule has 0 spiro atoms. The molecular formula is C12H17BrN4O2. The zero-order valence-corrected chi connectivity index (χ0v) is 12.5. The van der Waals surface area contributed by atoms with Gasteiger partial charge in [0.15, 0.2) is 0 Å². The maximum Gasteiger partial charge on any atom is 0.320 e. The molecule has 0 radical (unpaired) electrons. The van der Waals surface area contributed by atoms with Crippen LogP contribution in [0.3, 0.4) is 0 Å². The minimum Gasteiger partial charge on any atom is -0.465 e. The highest BCUT2D eigenvalue weighted by molar-refractivity contribution is 9.10. The van der Waals surface area contributed by atoms with Gasteiger partial charge in [-0.2, -0.15) is 0 Å². The number of anilines is 1. The second-order valence-electron chi connectivity index (χ2n) is 4.27. The number of ether oxygens (including phenoxy) is 1. The van der Waals surface area contributed by atoms with E-state index in [9.17, 15) is 4.79 Å². The summed E-state index contributed by atoms with van der Waals surface area (Å²) in [4.78, 5) is 24.2. The van der Waals surface area contributed by atoms with Crippen LogP contribution in [0.15, 0.2) is 16.9 Å². The number of nitrogens with zero attached hydrogens (tertiary/aromatic N) is 4. The summed E-state index contributed by atoms with van der Waals surface area (Å²) in [5.74, 6) is 0.579. The number of aromatic nitrogens is 2. The molecule has 19 heavy (non-hydrogen) atoms. The van der Waals surface area contributed by atoms with Gasteiger partial charge in [0.25, 0.3) is 0 Å². The normalized spacial score (nSPS) is 16.4. The van der Waals surface area contributed by atoms with Crippen molar-refractivity contribution in [2.45, 2.75) is 6.92 Å². The lowest BCUT2D eigenvalue weighted by Gasteiger charge is -2.33. The third-order valence-electron chi connectivity index (χ3n) is 2.92. The van der Waals surface area contributed by atoms with Crippen LogP contribution in [0.1, 0.15) is 6.92 Å². The Labute approximate surface area is 120 Å². The first kappa shape index (κ1) is 14.2. The van der Waals surface area contributed by atoms with E-state index in [4.69, 9.17) is 4.74 Å². The Morgan fingerprint density at radius 3 is 2.53 bits per heavy atom. The molecule has 1 aliphatic heterocycles. The molecule has 0 N–H and O–H groups in total. The predicted octanol–water partition coefficient (Wildman–Crippen LogP) is 0.924. The molecule has 0 bridgehead atoms. The van der Waals surface area contributed by atoms with E-state index in [-0.39, 0.29) is 5.97 Å². The standard InChI is InChI=1S/C12H17BrN4O2/c1-2-19-11(18)9-16-3-5-17(6-4-16)12-14-7-10(13)8-15-12/h7-8H,2-6,9H2,1H3. The van der Waals surface area contributed by atoms with Crippen molar-refractivity contribution < 1.29 is 9.53 Å². The van der Waals surface area contributed by atoms with Gasteiger partial charge in [0.1, 0.15) is 0 Å². The molecule has 1 aromatic heterocycles. The summed E-state index contributed by atoms with van der Waals surface area (Å²) in [5.41, 5.74) is 0. The van der Waals surface area contributed by atoms with Gasteiger partial charge in [-0.05, 0) is 22.9 Å². The third kappa shape index (κ3) is 4.14. The first-order valence-electron chi connectivity index (χ1n) is 6.29. The molecule has 0 unspecified atom stereocenters. The van der Waals surface area contributed by atoms with E-state index >= 15 is 0 Å². The molecule has 0 aliphatic carbocycles. The maximum absolute atomic E-state index is 11.4. The summed E-state index contributed by atoms with van der Waals surface area (Å²) in [6, 6.07) is 0. The highest BCUT2D eigenvalue weighted by atomic mass is 79.9. The van der Waals surface area contributed by atoms with Crippen molar-refractivity contribution in [3.05, 3.63) is 16.9 Å². The fourth-order valence-electron chi connectivity index (χ4n) is 1.96. The summed E-state index contributed by atoms with van der Waals surface area (Å²) in [5, 5.41) is 0. The molecule has 0 atom stereocenters. The summed E-state index contributed by atoms with van der Waals surface area (Å²) >= 11 is 3.32. The van der Waals surface area contributed by atoms with E-state index < -0.39 is 0 Å². The fourth-order valence-corrected chi connectivity index (χ4v) is 2.17. The number of halogens is 1. The Balaban J connectivity index is 1.82. The highest BCUT2D eigenvalue weighted by Gasteiger charge is 2.20. The molecule has 1 aromatic rings. The quantitative estimate of drug-likeness (QED) is 0.766. The van der Waals surface area contributed by atoms with Crippen LogP contribution in [0.2, 0.25) is 0 Å². The summed E-state index contributed by atoms with van der Waals surface area (Å²) < 4.78 is 5.82. The second kappa shape index (κ2) is 6.81. The minimum atomic E-state index is -0.157. The number of carbonyl (C=O) groups is 1. The monoisotopic (exact) mass is 328 g/mol. The van der Waals surface area contributed by atoms with Crippen molar-refractivity contribution in [3.63, 3.8) is 0 Å². The second-order valence-corrected chi connectivity index (χ2v) is 5.19. The Bertz CT molecular complexity index is 418. The van der Waals surface area contributed by atoms with Crippen LogP contribution in [0.5, 0.6) is 0 Å². The van der Waals surface area contributed by atoms with Crippen molar-refractivity contribution >= 4 is 27.8 Å². The van der Waals surface area contributed by atoms with Crippen molar-refractivity contribution in [2.75, 3.05) is 44.2 Å². The fraction of sp³-hybridized carbons (Fsp3) is 0.583. The Morgan fingerprint density at radius 2 is 1.95 bits per heavy atom. The number of piperazine rings is 1. The molecule has 1 saturated heterocycles. The molecule has 0 saturated carbocycles. The van der Waals surface area contributed by atoms with Crippen molar-refractivity contribution in [1.82, 2.24) is 14.9 Å². The molecule has 1 fully saturated rings. The van der Waals surface area contributed by atoms with Gasteiger partial charge in [-0.25, -0.2) is 9.97 Å². The molecule has 0 amide bonds. The summed E-state index contributed by atoms with van der Waals surface area (Å²) in [6.07, 6.45) is 3.49. The van der Waals surface area contributed by atoms with Crippen LogP contribution in [0.25, 0.3) is 0 Å². The van der Waals surface area contributed by atoms with Gasteiger partial charge in [-0.3, -0.25) is 9.69 Å². The molecule has 2 heterocycles. The van der Waals surface area contributed by atoms with Crippen LogP contribution in [-0.4, -0.2) is 60.2 Å². The van der Waals surface area contributed by atoms with Gasteiger partial charge in [0.2, 0.25) is 5.95 Å². The molecule has 1 aliphatic rings. The van der Waals surface area contributed by atoms with E-state index in [1.807, 2.05) is 6.92 Å². The van der Waals surface area contributed by atoms with E-state index in [1.165, 1.54) is 0 Å². The van der Waals surface area contributed by atoms with E-state index in [0.717, 1.165) is 36.6 Å². The van der Waals surface area contributed by atoms with Crippen LogP contribution >= 0.6 is 15.9 Å². The summed E-state index contributed by atoms with van der Waals surface area (Å²) in [7, 11) is 0. The van der Waals surface area contributed by atoms with Gasteiger partial charge in [-0.15, -0.1) is 0 Å². The van der Waals surface area contributed by atoms with Gasteiger partial charge in [-0.1, -0.05) is 0 Å². The Hall–Kier alpha value is -1.21.